The molecule has 1 aliphatic heterocycles. The van der Waals surface area contributed by atoms with Crippen LogP contribution in [-0.2, 0) is 0 Å². The first-order chi connectivity index (χ1) is 10.7. The summed E-state index contributed by atoms with van der Waals surface area (Å²) < 4.78 is 0. The maximum absolute atomic E-state index is 12.9. The van der Waals surface area contributed by atoms with E-state index in [-0.39, 0.29) is 11.8 Å². The summed E-state index contributed by atoms with van der Waals surface area (Å²) in [6.07, 6.45) is 0. The molecule has 3 rings (SSSR count). The standard InChI is InChI=1S/C18H16N2O2/c1-12-15(17(21)14-10-6-3-7-11-14)16(20-18(22)19-12)13-8-4-2-5-9-13/h2-11,16H,1H3,(H2,19,20,22)/t16-/m0/s1. The second-order valence-corrected chi connectivity index (χ2v) is 5.18. The Labute approximate surface area is 128 Å². The molecule has 1 heterocycles. The smallest absolute Gasteiger partial charge is 0.319 e. The molecule has 22 heavy (non-hydrogen) atoms. The predicted octanol–water partition coefficient (Wildman–Crippen LogP) is 3.20. The Bertz CT molecular complexity index is 736. The zero-order valence-corrected chi connectivity index (χ0v) is 12.2. The highest BCUT2D eigenvalue weighted by Crippen LogP contribution is 2.29. The Morgan fingerprint density at radius 1 is 0.955 bits per heavy atom. The van der Waals surface area contributed by atoms with Crippen molar-refractivity contribution in [3.05, 3.63) is 83.1 Å². The normalized spacial score (nSPS) is 17.7. The topological polar surface area (TPSA) is 58.2 Å². The van der Waals surface area contributed by atoms with Crippen LogP contribution < -0.4 is 10.6 Å². The maximum atomic E-state index is 12.9. The second kappa shape index (κ2) is 5.85. The average Bonchev–Trinajstić information content (AvgIpc) is 2.55. The molecule has 1 aliphatic rings. The van der Waals surface area contributed by atoms with Crippen molar-refractivity contribution >= 4 is 11.8 Å². The maximum Gasteiger partial charge on any atom is 0.319 e. The zero-order chi connectivity index (χ0) is 15.5. The highest BCUT2D eigenvalue weighted by molar-refractivity contribution is 6.11. The third kappa shape index (κ3) is 2.63. The molecule has 4 nitrogen and oxygen atoms in total. The number of rotatable bonds is 3. The van der Waals surface area contributed by atoms with Gasteiger partial charge in [-0.15, -0.1) is 0 Å². The first kappa shape index (κ1) is 14.1. The van der Waals surface area contributed by atoms with Gasteiger partial charge in [0.2, 0.25) is 0 Å². The van der Waals surface area contributed by atoms with Gasteiger partial charge in [0, 0.05) is 16.8 Å². The van der Waals surface area contributed by atoms with Crippen LogP contribution in [0.4, 0.5) is 4.79 Å². The molecule has 2 N–H and O–H groups in total. The number of carbonyl (C=O) groups is 2. The van der Waals surface area contributed by atoms with Crippen LogP contribution in [0, 0.1) is 0 Å². The van der Waals surface area contributed by atoms with Crippen LogP contribution in [0.5, 0.6) is 0 Å². The van der Waals surface area contributed by atoms with Crippen LogP contribution in [0.2, 0.25) is 0 Å². The first-order valence-electron chi connectivity index (χ1n) is 7.10. The molecule has 0 radical (unpaired) electrons. The average molecular weight is 292 g/mol. The van der Waals surface area contributed by atoms with Gasteiger partial charge in [-0.2, -0.15) is 0 Å². The largest absolute Gasteiger partial charge is 0.327 e. The summed E-state index contributed by atoms with van der Waals surface area (Å²) in [5.41, 5.74) is 2.65. The minimum absolute atomic E-state index is 0.0838. The van der Waals surface area contributed by atoms with Gasteiger partial charge in [0.15, 0.2) is 5.78 Å². The number of allylic oxidation sites excluding steroid dienone is 1. The fourth-order valence-electron chi connectivity index (χ4n) is 2.64. The van der Waals surface area contributed by atoms with Crippen molar-refractivity contribution in [2.24, 2.45) is 0 Å². The van der Waals surface area contributed by atoms with Gasteiger partial charge in [0.25, 0.3) is 0 Å². The molecule has 0 aliphatic carbocycles. The number of hydrogen-bond donors (Lipinski definition) is 2. The van der Waals surface area contributed by atoms with Crippen LogP contribution in [0.3, 0.4) is 0 Å². The molecule has 110 valence electrons. The van der Waals surface area contributed by atoms with Crippen molar-refractivity contribution in [2.45, 2.75) is 13.0 Å². The van der Waals surface area contributed by atoms with E-state index in [2.05, 4.69) is 10.6 Å². The van der Waals surface area contributed by atoms with Gasteiger partial charge in [0.05, 0.1) is 6.04 Å². The Balaban J connectivity index is 2.06. The van der Waals surface area contributed by atoms with Gasteiger partial charge in [0.1, 0.15) is 0 Å². The predicted molar refractivity (Wildman–Crippen MR) is 84.3 cm³/mol. The molecule has 0 aromatic heterocycles. The number of urea groups is 1. The molecule has 0 saturated carbocycles. The van der Waals surface area contributed by atoms with Crippen molar-refractivity contribution in [2.75, 3.05) is 0 Å². The number of Topliss-reactive ketones (excluding diaryl/α,β-unsaturated/α-hetero) is 1. The third-order valence-corrected chi connectivity index (χ3v) is 3.68. The van der Waals surface area contributed by atoms with Gasteiger partial charge >= 0.3 is 6.03 Å². The summed E-state index contributed by atoms with van der Waals surface area (Å²) >= 11 is 0. The molecule has 0 spiro atoms. The minimum Gasteiger partial charge on any atom is -0.327 e. The van der Waals surface area contributed by atoms with E-state index in [1.807, 2.05) is 48.5 Å². The number of hydrogen-bond acceptors (Lipinski definition) is 2. The molecule has 0 fully saturated rings. The Morgan fingerprint density at radius 3 is 2.18 bits per heavy atom. The van der Waals surface area contributed by atoms with Crippen molar-refractivity contribution in [1.29, 1.82) is 0 Å². The number of carbonyl (C=O) groups excluding carboxylic acids is 2. The molecule has 0 saturated heterocycles. The van der Waals surface area contributed by atoms with Crippen LogP contribution >= 0.6 is 0 Å². The summed E-state index contributed by atoms with van der Waals surface area (Å²) in [5, 5.41) is 5.52. The summed E-state index contributed by atoms with van der Waals surface area (Å²) in [7, 11) is 0. The van der Waals surface area contributed by atoms with E-state index in [1.54, 1.807) is 19.1 Å². The van der Waals surface area contributed by atoms with E-state index >= 15 is 0 Å². The van der Waals surface area contributed by atoms with E-state index in [0.717, 1.165) is 5.56 Å². The molecule has 4 heteroatoms. The highest BCUT2D eigenvalue weighted by Gasteiger charge is 2.31. The van der Waals surface area contributed by atoms with E-state index < -0.39 is 6.04 Å². The lowest BCUT2D eigenvalue weighted by Gasteiger charge is -2.28. The van der Waals surface area contributed by atoms with Gasteiger partial charge in [-0.25, -0.2) is 4.79 Å². The van der Waals surface area contributed by atoms with Crippen LogP contribution in [0.1, 0.15) is 28.9 Å². The number of nitrogens with one attached hydrogen (secondary N) is 2. The van der Waals surface area contributed by atoms with E-state index in [4.69, 9.17) is 0 Å². The number of benzene rings is 2. The van der Waals surface area contributed by atoms with Crippen molar-refractivity contribution in [3.63, 3.8) is 0 Å². The molecule has 2 amide bonds. The van der Waals surface area contributed by atoms with Crippen molar-refractivity contribution in [1.82, 2.24) is 10.6 Å². The van der Waals surface area contributed by atoms with Gasteiger partial charge in [-0.1, -0.05) is 60.7 Å². The molecular weight excluding hydrogens is 276 g/mol. The molecule has 2 aromatic rings. The monoisotopic (exact) mass is 292 g/mol. The lowest BCUT2D eigenvalue weighted by atomic mass is 9.90. The molecule has 1 atom stereocenters. The summed E-state index contributed by atoms with van der Waals surface area (Å²) in [4.78, 5) is 24.6. The summed E-state index contributed by atoms with van der Waals surface area (Å²) in [6.45, 7) is 1.75. The molecule has 0 bridgehead atoms. The number of ketones is 1. The van der Waals surface area contributed by atoms with Gasteiger partial charge in [-0.05, 0) is 12.5 Å². The Morgan fingerprint density at radius 2 is 1.55 bits per heavy atom. The van der Waals surface area contributed by atoms with E-state index in [1.165, 1.54) is 0 Å². The minimum atomic E-state index is -0.442. The lowest BCUT2D eigenvalue weighted by molar-refractivity contribution is 0.102. The fraction of sp³-hybridized carbons (Fsp3) is 0.111. The SMILES string of the molecule is CC1=C(C(=O)c2ccccc2)[C@H](c2ccccc2)NC(=O)N1. The van der Waals surface area contributed by atoms with Crippen molar-refractivity contribution in [3.8, 4) is 0 Å². The highest BCUT2D eigenvalue weighted by atomic mass is 16.2. The van der Waals surface area contributed by atoms with E-state index in [0.29, 0.717) is 16.8 Å². The van der Waals surface area contributed by atoms with Gasteiger partial charge < -0.3 is 10.6 Å². The fourth-order valence-corrected chi connectivity index (χ4v) is 2.64. The third-order valence-electron chi connectivity index (χ3n) is 3.68. The van der Waals surface area contributed by atoms with Crippen LogP contribution in [-0.4, -0.2) is 11.8 Å². The zero-order valence-electron chi connectivity index (χ0n) is 12.2. The van der Waals surface area contributed by atoms with Crippen LogP contribution in [0.25, 0.3) is 0 Å². The summed E-state index contributed by atoms with van der Waals surface area (Å²) in [5.74, 6) is -0.0838. The van der Waals surface area contributed by atoms with Gasteiger partial charge in [-0.3, -0.25) is 4.79 Å². The molecule has 2 aromatic carbocycles. The molecule has 0 unspecified atom stereocenters. The Hall–Kier alpha value is -2.88. The summed E-state index contributed by atoms with van der Waals surface area (Å²) in [6, 6.07) is 17.8. The lowest BCUT2D eigenvalue weighted by Crippen LogP contribution is -2.45. The quantitative estimate of drug-likeness (QED) is 0.854. The first-order valence-corrected chi connectivity index (χ1v) is 7.10. The van der Waals surface area contributed by atoms with Crippen molar-refractivity contribution < 1.29 is 9.59 Å². The number of amides is 2. The second-order valence-electron chi connectivity index (χ2n) is 5.18. The Kier molecular flexibility index (Phi) is 3.74. The van der Waals surface area contributed by atoms with Crippen LogP contribution in [0.15, 0.2) is 71.9 Å². The molecular formula is C18H16N2O2. The van der Waals surface area contributed by atoms with E-state index in [9.17, 15) is 9.59 Å².